The van der Waals surface area contributed by atoms with E-state index < -0.39 is 11.9 Å². The molecule has 0 aromatic heterocycles. The Morgan fingerprint density at radius 3 is 2.09 bits per heavy atom. The number of benzene rings is 3. The van der Waals surface area contributed by atoms with Gasteiger partial charge in [-0.25, -0.2) is 4.79 Å². The van der Waals surface area contributed by atoms with Gasteiger partial charge in [-0.15, -0.1) is 0 Å². The molecule has 0 saturated heterocycles. The highest BCUT2D eigenvalue weighted by atomic mass is 16.5. The van der Waals surface area contributed by atoms with E-state index in [2.05, 4.69) is 0 Å². The summed E-state index contributed by atoms with van der Waals surface area (Å²) in [7, 11) is 0. The molecule has 1 amide bonds. The van der Waals surface area contributed by atoms with Crippen LogP contribution in [0.4, 0.5) is 0 Å². The largest absolute Gasteiger partial charge is 0.423 e. The van der Waals surface area contributed by atoms with Crippen molar-refractivity contribution in [3.05, 3.63) is 77.9 Å². The Morgan fingerprint density at radius 2 is 1.41 bits per heavy atom. The molecule has 3 aromatic rings. The number of hydrogen-bond acceptors (Lipinski definition) is 3. The number of carbonyl (C=O) groups excluding carboxylic acids is 2. The molecule has 3 rings (SSSR count). The number of esters is 1. The quantitative estimate of drug-likeness (QED) is 0.595. The van der Waals surface area contributed by atoms with Crippen molar-refractivity contribution in [3.8, 4) is 5.75 Å². The molecular weight excluding hydrogens is 278 g/mol. The molecule has 0 radical (unpaired) electrons. The van der Waals surface area contributed by atoms with Crippen molar-refractivity contribution in [3.63, 3.8) is 0 Å². The third-order valence-electron chi connectivity index (χ3n) is 3.33. The second-order valence-corrected chi connectivity index (χ2v) is 4.84. The van der Waals surface area contributed by atoms with Gasteiger partial charge in [0.1, 0.15) is 5.75 Å². The van der Waals surface area contributed by atoms with Gasteiger partial charge >= 0.3 is 5.97 Å². The number of amides is 1. The van der Waals surface area contributed by atoms with Crippen LogP contribution >= 0.6 is 0 Å². The highest BCUT2D eigenvalue weighted by molar-refractivity contribution is 5.96. The Balaban J connectivity index is 1.81. The first-order valence-electron chi connectivity index (χ1n) is 6.74. The highest BCUT2D eigenvalue weighted by Crippen LogP contribution is 2.18. The van der Waals surface area contributed by atoms with Gasteiger partial charge in [0, 0.05) is 5.56 Å². The molecule has 2 N–H and O–H groups in total. The lowest BCUT2D eigenvalue weighted by atomic mass is 10.1. The second-order valence-electron chi connectivity index (χ2n) is 4.84. The van der Waals surface area contributed by atoms with Crippen LogP contribution in [0.2, 0.25) is 0 Å². The summed E-state index contributed by atoms with van der Waals surface area (Å²) in [5.41, 5.74) is 6.00. The Labute approximate surface area is 127 Å². The molecule has 0 aliphatic rings. The van der Waals surface area contributed by atoms with Gasteiger partial charge in [-0.1, -0.05) is 30.3 Å². The Hall–Kier alpha value is -3.14. The molecule has 0 aliphatic heterocycles. The van der Waals surface area contributed by atoms with Crippen LogP contribution in [0.1, 0.15) is 20.7 Å². The van der Waals surface area contributed by atoms with Gasteiger partial charge < -0.3 is 10.5 Å². The number of hydrogen-bond donors (Lipinski definition) is 1. The smallest absolute Gasteiger partial charge is 0.343 e. The summed E-state index contributed by atoms with van der Waals surface area (Å²) in [6, 6.07) is 19.3. The van der Waals surface area contributed by atoms with E-state index in [9.17, 15) is 9.59 Å². The standard InChI is InChI=1S/C18H13NO3/c19-17(20)13-7-9-16(10-8-13)22-18(21)15-6-5-12-3-1-2-4-14(12)11-15/h1-11H,(H2,19,20). The minimum atomic E-state index is -0.521. The lowest BCUT2D eigenvalue weighted by Crippen LogP contribution is -2.11. The molecule has 108 valence electrons. The molecule has 0 unspecified atom stereocenters. The summed E-state index contributed by atoms with van der Waals surface area (Å²) in [6.07, 6.45) is 0. The number of carbonyl (C=O) groups is 2. The van der Waals surface area contributed by atoms with Crippen molar-refractivity contribution in [1.82, 2.24) is 0 Å². The summed E-state index contributed by atoms with van der Waals surface area (Å²) in [6.45, 7) is 0. The molecule has 0 aliphatic carbocycles. The van der Waals surface area contributed by atoms with Crippen LogP contribution < -0.4 is 10.5 Å². The van der Waals surface area contributed by atoms with Crippen molar-refractivity contribution >= 4 is 22.6 Å². The maximum Gasteiger partial charge on any atom is 0.343 e. The first-order chi connectivity index (χ1) is 10.6. The predicted octanol–water partition coefficient (Wildman–Crippen LogP) is 3.16. The predicted molar refractivity (Wildman–Crippen MR) is 83.9 cm³/mol. The minimum absolute atomic E-state index is 0.364. The average molecular weight is 291 g/mol. The van der Waals surface area contributed by atoms with Gasteiger partial charge in [-0.3, -0.25) is 4.79 Å². The number of ether oxygens (including phenoxy) is 1. The topological polar surface area (TPSA) is 69.4 Å². The van der Waals surface area contributed by atoms with E-state index in [1.54, 1.807) is 24.3 Å². The molecule has 0 atom stereocenters. The number of primary amides is 1. The number of rotatable bonds is 3. The van der Waals surface area contributed by atoms with Crippen LogP contribution in [-0.4, -0.2) is 11.9 Å². The van der Waals surface area contributed by atoms with Gasteiger partial charge in [-0.05, 0) is 47.2 Å². The molecule has 0 spiro atoms. The summed E-state index contributed by atoms with van der Waals surface area (Å²) in [5, 5.41) is 2.03. The normalized spacial score (nSPS) is 10.4. The molecule has 4 heteroatoms. The SMILES string of the molecule is NC(=O)c1ccc(OC(=O)c2ccc3ccccc3c2)cc1. The second kappa shape index (κ2) is 5.69. The Bertz CT molecular complexity index is 854. The highest BCUT2D eigenvalue weighted by Gasteiger charge is 2.10. The van der Waals surface area contributed by atoms with Crippen LogP contribution in [0.25, 0.3) is 10.8 Å². The zero-order valence-electron chi connectivity index (χ0n) is 11.7. The van der Waals surface area contributed by atoms with Crippen molar-refractivity contribution in [2.45, 2.75) is 0 Å². The third-order valence-corrected chi connectivity index (χ3v) is 3.33. The lowest BCUT2D eigenvalue weighted by molar-refractivity contribution is 0.0735. The van der Waals surface area contributed by atoms with Crippen LogP contribution in [0, 0.1) is 0 Å². The maximum atomic E-state index is 12.2. The molecule has 0 fully saturated rings. The molecule has 3 aromatic carbocycles. The van der Waals surface area contributed by atoms with E-state index in [0.717, 1.165) is 10.8 Å². The third kappa shape index (κ3) is 2.81. The van der Waals surface area contributed by atoms with Gasteiger partial charge in [0.25, 0.3) is 0 Å². The van der Waals surface area contributed by atoms with Gasteiger partial charge in [-0.2, -0.15) is 0 Å². The lowest BCUT2D eigenvalue weighted by Gasteiger charge is -2.06. The van der Waals surface area contributed by atoms with E-state index in [0.29, 0.717) is 16.9 Å². The van der Waals surface area contributed by atoms with Crippen LogP contribution in [0.5, 0.6) is 5.75 Å². The van der Waals surface area contributed by atoms with Gasteiger partial charge in [0.2, 0.25) is 5.91 Å². The number of fused-ring (bicyclic) bond motifs is 1. The van der Waals surface area contributed by atoms with Crippen molar-refractivity contribution < 1.29 is 14.3 Å². The monoisotopic (exact) mass is 291 g/mol. The zero-order valence-corrected chi connectivity index (χ0v) is 11.7. The first kappa shape index (κ1) is 13.8. The molecule has 0 saturated carbocycles. The zero-order chi connectivity index (χ0) is 15.5. The van der Waals surface area contributed by atoms with Crippen molar-refractivity contribution in [2.24, 2.45) is 5.73 Å². The summed E-state index contributed by atoms with van der Waals surface area (Å²) < 4.78 is 5.29. The molecule has 4 nitrogen and oxygen atoms in total. The van der Waals surface area contributed by atoms with Gasteiger partial charge in [0.15, 0.2) is 0 Å². The number of nitrogens with two attached hydrogens (primary N) is 1. The molecule has 0 bridgehead atoms. The van der Waals surface area contributed by atoms with Crippen molar-refractivity contribution in [2.75, 3.05) is 0 Å². The van der Waals surface area contributed by atoms with E-state index >= 15 is 0 Å². The fourth-order valence-electron chi connectivity index (χ4n) is 2.17. The Morgan fingerprint density at radius 1 is 0.773 bits per heavy atom. The fourth-order valence-corrected chi connectivity index (χ4v) is 2.17. The van der Waals surface area contributed by atoms with Crippen LogP contribution in [-0.2, 0) is 0 Å². The van der Waals surface area contributed by atoms with Crippen LogP contribution in [0.15, 0.2) is 66.7 Å². The summed E-state index contributed by atoms with van der Waals surface area (Å²) in [5.74, 6) is -0.604. The fraction of sp³-hybridized carbons (Fsp3) is 0. The first-order valence-corrected chi connectivity index (χ1v) is 6.74. The minimum Gasteiger partial charge on any atom is -0.423 e. The Kier molecular flexibility index (Phi) is 3.58. The van der Waals surface area contributed by atoms with Crippen molar-refractivity contribution in [1.29, 1.82) is 0 Å². The van der Waals surface area contributed by atoms with E-state index in [4.69, 9.17) is 10.5 Å². The summed E-state index contributed by atoms with van der Waals surface area (Å²) in [4.78, 5) is 23.2. The van der Waals surface area contributed by atoms with E-state index in [1.165, 1.54) is 12.1 Å². The average Bonchev–Trinajstić information content (AvgIpc) is 2.55. The molecule has 0 heterocycles. The van der Waals surface area contributed by atoms with E-state index in [-0.39, 0.29) is 0 Å². The molecular formula is C18H13NO3. The van der Waals surface area contributed by atoms with Gasteiger partial charge in [0.05, 0.1) is 5.56 Å². The van der Waals surface area contributed by atoms with Crippen LogP contribution in [0.3, 0.4) is 0 Å². The van der Waals surface area contributed by atoms with E-state index in [1.807, 2.05) is 30.3 Å². The summed E-state index contributed by atoms with van der Waals surface area (Å²) >= 11 is 0. The maximum absolute atomic E-state index is 12.2. The molecule has 22 heavy (non-hydrogen) atoms.